The van der Waals surface area contributed by atoms with E-state index in [1.807, 2.05) is 0 Å². The van der Waals surface area contributed by atoms with Crippen LogP contribution in [0.15, 0.2) is 12.2 Å². The number of rotatable bonds is 4. The fraction of sp³-hybridized carbons (Fsp3) is 0.846. The largest absolute Gasteiger partial charge is 0.0996 e. The fourth-order valence-corrected chi connectivity index (χ4v) is 2.15. The Labute approximate surface area is 83.4 Å². The van der Waals surface area contributed by atoms with Gasteiger partial charge in [-0.1, -0.05) is 58.1 Å². The molecule has 1 aliphatic rings. The molecule has 0 aromatic heterocycles. The third-order valence-corrected chi connectivity index (χ3v) is 3.41. The third kappa shape index (κ3) is 3.97. The third-order valence-electron chi connectivity index (χ3n) is 3.41. The molecule has 0 N–H and O–H groups in total. The van der Waals surface area contributed by atoms with Crippen molar-refractivity contribution in [1.82, 2.24) is 0 Å². The molecule has 0 amide bonds. The van der Waals surface area contributed by atoms with Crippen LogP contribution in [0.25, 0.3) is 0 Å². The summed E-state index contributed by atoms with van der Waals surface area (Å²) in [5, 5.41) is 0. The second kappa shape index (κ2) is 5.47. The van der Waals surface area contributed by atoms with E-state index in [1.54, 1.807) is 0 Å². The smallest absolute Gasteiger partial charge is 0.0263 e. The van der Waals surface area contributed by atoms with E-state index < -0.39 is 0 Å². The topological polar surface area (TPSA) is 0 Å². The van der Waals surface area contributed by atoms with Gasteiger partial charge < -0.3 is 0 Å². The molecular weight excluding hydrogens is 156 g/mol. The summed E-state index contributed by atoms with van der Waals surface area (Å²) in [4.78, 5) is 0. The van der Waals surface area contributed by atoms with Gasteiger partial charge in [-0.25, -0.2) is 0 Å². The fourth-order valence-electron chi connectivity index (χ4n) is 2.15. The summed E-state index contributed by atoms with van der Waals surface area (Å²) < 4.78 is 0. The van der Waals surface area contributed by atoms with Gasteiger partial charge in [0, 0.05) is 0 Å². The molecule has 76 valence electrons. The first-order chi connectivity index (χ1) is 6.20. The summed E-state index contributed by atoms with van der Waals surface area (Å²) in [6.45, 7) is 8.64. The van der Waals surface area contributed by atoms with Crippen molar-refractivity contribution in [3.05, 3.63) is 12.2 Å². The monoisotopic (exact) mass is 180 g/mol. The molecule has 0 saturated heterocycles. The maximum atomic E-state index is 4.14. The summed E-state index contributed by atoms with van der Waals surface area (Å²) in [6.07, 6.45) is 10.0. The van der Waals surface area contributed by atoms with Gasteiger partial charge in [0.2, 0.25) is 0 Å². The van der Waals surface area contributed by atoms with Crippen molar-refractivity contribution in [2.45, 2.75) is 58.8 Å². The van der Waals surface area contributed by atoms with Crippen molar-refractivity contribution in [2.75, 3.05) is 0 Å². The van der Waals surface area contributed by atoms with Gasteiger partial charge in [0.1, 0.15) is 0 Å². The van der Waals surface area contributed by atoms with E-state index in [0.717, 1.165) is 5.92 Å². The molecule has 0 nitrogen and oxygen atoms in total. The quantitative estimate of drug-likeness (QED) is 0.556. The zero-order valence-electron chi connectivity index (χ0n) is 9.31. The lowest BCUT2D eigenvalue weighted by molar-refractivity contribution is 0.336. The summed E-state index contributed by atoms with van der Waals surface area (Å²) in [5.74, 6) is 1.70. The van der Waals surface area contributed by atoms with Crippen LogP contribution >= 0.6 is 0 Å². The van der Waals surface area contributed by atoms with Gasteiger partial charge in [-0.2, -0.15) is 0 Å². The van der Waals surface area contributed by atoms with E-state index in [-0.39, 0.29) is 0 Å². The van der Waals surface area contributed by atoms with Crippen LogP contribution in [0.5, 0.6) is 0 Å². The van der Waals surface area contributed by atoms with Gasteiger partial charge in [-0.3, -0.25) is 0 Å². The minimum atomic E-state index is 0.684. The highest BCUT2D eigenvalue weighted by Crippen LogP contribution is 2.29. The van der Waals surface area contributed by atoms with Gasteiger partial charge in [0.25, 0.3) is 0 Å². The highest BCUT2D eigenvalue weighted by atomic mass is 14.2. The van der Waals surface area contributed by atoms with Crippen LogP contribution in [0.2, 0.25) is 0 Å². The zero-order chi connectivity index (χ0) is 9.68. The van der Waals surface area contributed by atoms with Crippen molar-refractivity contribution >= 4 is 0 Å². The van der Waals surface area contributed by atoms with Crippen LogP contribution in [0.3, 0.4) is 0 Å². The summed E-state index contributed by atoms with van der Waals surface area (Å²) in [5.41, 5.74) is 1.45. The molecule has 1 fully saturated rings. The maximum absolute atomic E-state index is 4.14. The van der Waals surface area contributed by atoms with Crippen LogP contribution in [0, 0.1) is 11.8 Å². The molecule has 1 aliphatic carbocycles. The van der Waals surface area contributed by atoms with Gasteiger partial charge in [0.05, 0.1) is 0 Å². The Hall–Kier alpha value is -0.260. The molecule has 0 spiro atoms. The molecule has 0 atom stereocenters. The van der Waals surface area contributed by atoms with Gasteiger partial charge >= 0.3 is 0 Å². The van der Waals surface area contributed by atoms with Crippen LogP contribution in [-0.2, 0) is 0 Å². The minimum Gasteiger partial charge on any atom is -0.0996 e. The summed E-state index contributed by atoms with van der Waals surface area (Å²) >= 11 is 0. The van der Waals surface area contributed by atoms with E-state index in [1.165, 1.54) is 50.5 Å². The molecule has 1 saturated carbocycles. The molecule has 0 aromatic carbocycles. The average Bonchev–Trinajstić information content (AvgIpc) is 2.15. The predicted molar refractivity (Wildman–Crippen MR) is 59.8 cm³/mol. The Morgan fingerprint density at radius 1 is 1.23 bits per heavy atom. The SMILES string of the molecule is C=C(CCC1CCCCC1)C(C)C. The van der Waals surface area contributed by atoms with Gasteiger partial charge in [-0.05, 0) is 24.7 Å². The van der Waals surface area contributed by atoms with Crippen LogP contribution in [0.4, 0.5) is 0 Å². The Kier molecular flexibility index (Phi) is 4.55. The lowest BCUT2D eigenvalue weighted by Crippen LogP contribution is -2.07. The molecule has 1 rings (SSSR count). The van der Waals surface area contributed by atoms with Gasteiger partial charge in [-0.15, -0.1) is 0 Å². The number of hydrogen-bond donors (Lipinski definition) is 0. The Balaban J connectivity index is 2.13. The Bertz CT molecular complexity index is 149. The van der Waals surface area contributed by atoms with Crippen molar-refractivity contribution < 1.29 is 0 Å². The van der Waals surface area contributed by atoms with Crippen LogP contribution < -0.4 is 0 Å². The molecule has 0 heterocycles. The predicted octanol–water partition coefficient (Wildman–Crippen LogP) is 4.56. The highest BCUT2D eigenvalue weighted by Gasteiger charge is 2.13. The minimum absolute atomic E-state index is 0.684. The molecule has 0 aliphatic heterocycles. The first kappa shape index (κ1) is 10.8. The van der Waals surface area contributed by atoms with E-state index in [4.69, 9.17) is 0 Å². The average molecular weight is 180 g/mol. The number of hydrogen-bond acceptors (Lipinski definition) is 0. The second-order valence-electron chi connectivity index (χ2n) is 4.86. The van der Waals surface area contributed by atoms with Gasteiger partial charge in [0.15, 0.2) is 0 Å². The highest BCUT2D eigenvalue weighted by molar-refractivity contribution is 4.97. The Morgan fingerprint density at radius 3 is 2.38 bits per heavy atom. The van der Waals surface area contributed by atoms with E-state index in [9.17, 15) is 0 Å². The first-order valence-corrected chi connectivity index (χ1v) is 5.88. The lowest BCUT2D eigenvalue weighted by Gasteiger charge is -2.22. The second-order valence-corrected chi connectivity index (χ2v) is 4.86. The van der Waals surface area contributed by atoms with Crippen LogP contribution in [0.1, 0.15) is 58.8 Å². The van der Waals surface area contributed by atoms with Crippen molar-refractivity contribution in [3.63, 3.8) is 0 Å². The maximum Gasteiger partial charge on any atom is -0.0263 e. The molecule has 0 unspecified atom stereocenters. The molecular formula is C13H24. The summed E-state index contributed by atoms with van der Waals surface area (Å²) in [6, 6.07) is 0. The van der Waals surface area contributed by atoms with E-state index in [2.05, 4.69) is 20.4 Å². The normalized spacial score (nSPS) is 19.3. The molecule has 13 heavy (non-hydrogen) atoms. The molecule has 0 bridgehead atoms. The zero-order valence-corrected chi connectivity index (χ0v) is 9.31. The Morgan fingerprint density at radius 2 is 1.85 bits per heavy atom. The van der Waals surface area contributed by atoms with Crippen molar-refractivity contribution in [1.29, 1.82) is 0 Å². The van der Waals surface area contributed by atoms with Crippen molar-refractivity contribution in [3.8, 4) is 0 Å². The van der Waals surface area contributed by atoms with E-state index in [0.29, 0.717) is 5.92 Å². The molecule has 0 heteroatoms. The lowest BCUT2D eigenvalue weighted by atomic mass is 9.84. The number of allylic oxidation sites excluding steroid dienone is 1. The summed E-state index contributed by atoms with van der Waals surface area (Å²) in [7, 11) is 0. The molecule has 0 radical (unpaired) electrons. The first-order valence-electron chi connectivity index (χ1n) is 5.88. The van der Waals surface area contributed by atoms with E-state index >= 15 is 0 Å². The molecule has 0 aromatic rings. The standard InChI is InChI=1S/C13H24/c1-11(2)12(3)9-10-13-7-5-4-6-8-13/h11,13H,3-10H2,1-2H3. The van der Waals surface area contributed by atoms with Crippen LogP contribution in [-0.4, -0.2) is 0 Å². The van der Waals surface area contributed by atoms with Crippen molar-refractivity contribution in [2.24, 2.45) is 11.8 Å².